The number of rotatable bonds is 4. The fourth-order valence-electron chi connectivity index (χ4n) is 3.85. The highest BCUT2D eigenvalue weighted by Gasteiger charge is 2.33. The first-order chi connectivity index (χ1) is 13.8. The van der Waals surface area contributed by atoms with Gasteiger partial charge in [-0.05, 0) is 61.6 Å². The van der Waals surface area contributed by atoms with Gasteiger partial charge in [0.05, 0.1) is 18.8 Å². The minimum Gasteiger partial charge on any atom is -0.447 e. The van der Waals surface area contributed by atoms with Gasteiger partial charge in [0.15, 0.2) is 0 Å². The van der Waals surface area contributed by atoms with Gasteiger partial charge in [0.25, 0.3) is 0 Å². The largest absolute Gasteiger partial charge is 0.447 e. The lowest BCUT2D eigenvalue weighted by atomic mass is 9.89. The zero-order valence-corrected chi connectivity index (χ0v) is 17.3. The van der Waals surface area contributed by atoms with E-state index >= 15 is 0 Å². The van der Waals surface area contributed by atoms with Crippen molar-refractivity contribution in [3.63, 3.8) is 0 Å². The van der Waals surface area contributed by atoms with Gasteiger partial charge in [0.1, 0.15) is 0 Å². The lowest BCUT2D eigenvalue weighted by Crippen LogP contribution is -2.45. The van der Waals surface area contributed by atoms with E-state index in [0.717, 1.165) is 27.9 Å². The Bertz CT molecular complexity index is 892. The Balaban J connectivity index is 2.00. The smallest absolute Gasteiger partial charge is 0.407 e. The van der Waals surface area contributed by atoms with Crippen molar-refractivity contribution in [3.05, 3.63) is 53.6 Å². The molecule has 2 amide bonds. The summed E-state index contributed by atoms with van der Waals surface area (Å²) in [6.45, 7) is 7.15. The zero-order valence-electron chi connectivity index (χ0n) is 17.3. The van der Waals surface area contributed by atoms with E-state index in [-0.39, 0.29) is 30.7 Å². The molecular weight excluding hydrogens is 368 g/mol. The quantitative estimate of drug-likeness (QED) is 0.813. The summed E-state index contributed by atoms with van der Waals surface area (Å²) in [6, 6.07) is 13.3. The van der Waals surface area contributed by atoms with Crippen molar-refractivity contribution in [1.29, 1.82) is 0 Å². The molecule has 2 N–H and O–H groups in total. The number of aliphatic hydroxyl groups excluding tert-OH is 1. The van der Waals surface area contributed by atoms with Gasteiger partial charge in [-0.15, -0.1) is 0 Å². The third-order valence-corrected chi connectivity index (χ3v) is 5.12. The summed E-state index contributed by atoms with van der Waals surface area (Å²) >= 11 is 0. The Morgan fingerprint density at radius 1 is 1.17 bits per heavy atom. The minimum atomic E-state index is -0.461. The highest BCUT2D eigenvalue weighted by atomic mass is 16.6. The first kappa shape index (κ1) is 20.9. The van der Waals surface area contributed by atoms with Crippen LogP contribution in [-0.4, -0.2) is 29.3 Å². The average Bonchev–Trinajstić information content (AvgIpc) is 2.67. The summed E-state index contributed by atoms with van der Waals surface area (Å²) in [7, 11) is 0. The van der Waals surface area contributed by atoms with Gasteiger partial charge in [0, 0.05) is 18.7 Å². The molecule has 2 unspecified atom stereocenters. The van der Waals surface area contributed by atoms with Gasteiger partial charge in [-0.25, -0.2) is 4.79 Å². The number of alkyl carbamates (subject to hydrolysis) is 1. The molecule has 1 aliphatic heterocycles. The van der Waals surface area contributed by atoms with Crippen molar-refractivity contribution in [1.82, 2.24) is 5.32 Å². The molecule has 0 fully saturated rings. The molecule has 0 radical (unpaired) electrons. The number of hydrogen-bond acceptors (Lipinski definition) is 4. The summed E-state index contributed by atoms with van der Waals surface area (Å²) in [6.07, 6.45) is -0.0649. The molecular formula is C23H28N2O4. The molecule has 3 rings (SSSR count). The second-order valence-corrected chi connectivity index (χ2v) is 7.75. The third-order valence-electron chi connectivity index (χ3n) is 5.12. The molecule has 29 heavy (non-hydrogen) atoms. The zero-order chi connectivity index (χ0) is 21.1. The number of anilines is 1. The summed E-state index contributed by atoms with van der Waals surface area (Å²) < 4.78 is 5.26. The highest BCUT2D eigenvalue weighted by molar-refractivity contribution is 5.94. The maximum Gasteiger partial charge on any atom is 0.407 e. The molecule has 0 saturated carbocycles. The van der Waals surface area contributed by atoms with Crippen LogP contribution in [0.1, 0.15) is 51.3 Å². The Hall–Kier alpha value is -2.86. The molecule has 0 saturated heterocycles. The Labute approximate surface area is 171 Å². The minimum absolute atomic E-state index is 0.000114. The summed E-state index contributed by atoms with van der Waals surface area (Å²) in [4.78, 5) is 26.3. The van der Waals surface area contributed by atoms with Crippen molar-refractivity contribution < 1.29 is 19.4 Å². The van der Waals surface area contributed by atoms with Crippen molar-refractivity contribution in [2.45, 2.75) is 58.9 Å². The van der Waals surface area contributed by atoms with Gasteiger partial charge in [-0.3, -0.25) is 4.79 Å². The van der Waals surface area contributed by atoms with Gasteiger partial charge >= 0.3 is 6.09 Å². The SMILES string of the molecule is CC(=O)N1c2ccc(-c3ccc(CO)cc3)cc2C(NC(=O)OC(C)C)CC1C. The molecule has 2 aromatic carbocycles. The van der Waals surface area contributed by atoms with E-state index in [1.54, 1.807) is 11.8 Å². The fourth-order valence-corrected chi connectivity index (χ4v) is 3.85. The average molecular weight is 396 g/mol. The monoisotopic (exact) mass is 396 g/mol. The maximum atomic E-state index is 12.3. The Kier molecular flexibility index (Phi) is 6.23. The third kappa shape index (κ3) is 4.59. The molecule has 6 nitrogen and oxygen atoms in total. The van der Waals surface area contributed by atoms with E-state index in [9.17, 15) is 14.7 Å². The standard InChI is InChI=1S/C23H28N2O4/c1-14(2)29-23(28)24-21-11-15(3)25(16(4)27)22-10-9-19(12-20(21)22)18-7-5-17(13-26)6-8-18/h5-10,12,14-15,21,26H,11,13H2,1-4H3,(H,24,28). The first-order valence-electron chi connectivity index (χ1n) is 9.91. The van der Waals surface area contributed by atoms with Gasteiger partial charge in [0.2, 0.25) is 5.91 Å². The molecule has 0 aliphatic carbocycles. The molecule has 2 aromatic rings. The van der Waals surface area contributed by atoms with Crippen LogP contribution in [0, 0.1) is 0 Å². The molecule has 6 heteroatoms. The number of amides is 2. The number of carbonyl (C=O) groups is 2. The van der Waals surface area contributed by atoms with E-state index in [1.165, 1.54) is 0 Å². The predicted octanol–water partition coefficient (Wildman–Crippen LogP) is 4.17. The van der Waals surface area contributed by atoms with Crippen molar-refractivity contribution in [2.24, 2.45) is 0 Å². The summed E-state index contributed by atoms with van der Waals surface area (Å²) in [5.41, 5.74) is 4.53. The summed E-state index contributed by atoms with van der Waals surface area (Å²) in [5, 5.41) is 12.2. The van der Waals surface area contributed by atoms with E-state index in [2.05, 4.69) is 5.32 Å². The molecule has 1 aliphatic rings. The van der Waals surface area contributed by atoms with Crippen LogP contribution in [-0.2, 0) is 16.1 Å². The van der Waals surface area contributed by atoms with Crippen LogP contribution in [0.25, 0.3) is 11.1 Å². The lowest BCUT2D eigenvalue weighted by Gasteiger charge is -2.39. The number of nitrogens with zero attached hydrogens (tertiary/aromatic N) is 1. The van der Waals surface area contributed by atoms with Gasteiger partial charge in [-0.1, -0.05) is 30.3 Å². The van der Waals surface area contributed by atoms with E-state index in [0.29, 0.717) is 6.42 Å². The normalized spacial score (nSPS) is 18.3. The second kappa shape index (κ2) is 8.66. The number of benzene rings is 2. The van der Waals surface area contributed by atoms with E-state index in [4.69, 9.17) is 4.74 Å². The highest BCUT2D eigenvalue weighted by Crippen LogP contribution is 2.39. The van der Waals surface area contributed by atoms with Crippen molar-refractivity contribution in [3.8, 4) is 11.1 Å². The lowest BCUT2D eigenvalue weighted by molar-refractivity contribution is -0.117. The van der Waals surface area contributed by atoms with E-state index < -0.39 is 6.09 Å². The van der Waals surface area contributed by atoms with Crippen LogP contribution < -0.4 is 10.2 Å². The number of carbonyl (C=O) groups excluding carboxylic acids is 2. The van der Waals surface area contributed by atoms with Crippen LogP contribution >= 0.6 is 0 Å². The van der Waals surface area contributed by atoms with Crippen LogP contribution in [0.4, 0.5) is 10.5 Å². The molecule has 1 heterocycles. The van der Waals surface area contributed by atoms with Crippen LogP contribution in [0.3, 0.4) is 0 Å². The Morgan fingerprint density at radius 2 is 1.83 bits per heavy atom. The second-order valence-electron chi connectivity index (χ2n) is 7.75. The van der Waals surface area contributed by atoms with Gasteiger partial charge in [-0.2, -0.15) is 0 Å². The summed E-state index contributed by atoms with van der Waals surface area (Å²) in [5.74, 6) is -0.0259. The first-order valence-corrected chi connectivity index (χ1v) is 9.91. The predicted molar refractivity (Wildman–Crippen MR) is 113 cm³/mol. The van der Waals surface area contributed by atoms with Crippen molar-refractivity contribution in [2.75, 3.05) is 4.90 Å². The molecule has 2 atom stereocenters. The number of ether oxygens (including phenoxy) is 1. The number of nitrogens with one attached hydrogen (secondary N) is 1. The molecule has 0 spiro atoms. The van der Waals surface area contributed by atoms with Crippen LogP contribution in [0.5, 0.6) is 0 Å². The Morgan fingerprint density at radius 3 is 2.41 bits per heavy atom. The van der Waals surface area contributed by atoms with Crippen molar-refractivity contribution >= 4 is 17.7 Å². The maximum absolute atomic E-state index is 12.3. The molecule has 154 valence electrons. The number of fused-ring (bicyclic) bond motifs is 1. The van der Waals surface area contributed by atoms with Crippen LogP contribution in [0.2, 0.25) is 0 Å². The number of hydrogen-bond donors (Lipinski definition) is 2. The fraction of sp³-hybridized carbons (Fsp3) is 0.391. The van der Waals surface area contributed by atoms with E-state index in [1.807, 2.05) is 63.2 Å². The topological polar surface area (TPSA) is 78.9 Å². The number of aliphatic hydroxyl groups is 1. The molecule has 0 aromatic heterocycles. The van der Waals surface area contributed by atoms with Crippen LogP contribution in [0.15, 0.2) is 42.5 Å². The molecule has 0 bridgehead atoms. The van der Waals surface area contributed by atoms with Gasteiger partial charge < -0.3 is 20.1 Å².